The molecular weight excluding hydrogens is 629 g/mol. The van der Waals surface area contributed by atoms with Crippen molar-refractivity contribution in [2.75, 3.05) is 4.90 Å². The van der Waals surface area contributed by atoms with Crippen molar-refractivity contribution in [2.24, 2.45) is 0 Å². The summed E-state index contributed by atoms with van der Waals surface area (Å²) in [6.45, 7) is 0. The van der Waals surface area contributed by atoms with E-state index in [9.17, 15) is 0 Å². The molecule has 0 saturated carbocycles. The predicted molar refractivity (Wildman–Crippen MR) is 205 cm³/mol. The fraction of sp³-hybridized carbons (Fsp3) is 0. The van der Waals surface area contributed by atoms with Gasteiger partial charge in [-0.05, 0) is 48.5 Å². The summed E-state index contributed by atoms with van der Waals surface area (Å²) in [6, 6.07) is 57.3. The van der Waals surface area contributed by atoms with E-state index in [4.69, 9.17) is 23.8 Å². The Kier molecular flexibility index (Phi) is 6.70. The van der Waals surface area contributed by atoms with Crippen LogP contribution in [-0.4, -0.2) is 15.0 Å². The Hall–Kier alpha value is -7.05. The average molecular weight is 657 g/mol. The monoisotopic (exact) mass is 656 g/mol. The summed E-state index contributed by atoms with van der Waals surface area (Å²) in [6.07, 6.45) is 0. The summed E-state index contributed by atoms with van der Waals surface area (Å²) in [4.78, 5) is 17.0. The van der Waals surface area contributed by atoms with Gasteiger partial charge in [-0.1, -0.05) is 121 Å². The number of rotatable bonds is 6. The van der Waals surface area contributed by atoms with Gasteiger partial charge in [0.1, 0.15) is 11.2 Å². The van der Waals surface area contributed by atoms with Crippen LogP contribution in [-0.2, 0) is 0 Å². The molecule has 51 heavy (non-hydrogen) atoms. The number of hydrogen-bond acceptors (Lipinski definition) is 6. The molecule has 0 aliphatic heterocycles. The van der Waals surface area contributed by atoms with Crippen molar-refractivity contribution in [3.8, 4) is 34.2 Å². The molecule has 0 unspecified atom stereocenters. The summed E-state index contributed by atoms with van der Waals surface area (Å²) >= 11 is 0. The van der Waals surface area contributed by atoms with Crippen LogP contribution in [0.2, 0.25) is 0 Å². The highest BCUT2D eigenvalue weighted by Crippen LogP contribution is 2.46. The molecule has 10 aromatic rings. The minimum absolute atomic E-state index is 0.597. The lowest BCUT2D eigenvalue weighted by Gasteiger charge is -2.25. The van der Waals surface area contributed by atoms with Gasteiger partial charge in [0, 0.05) is 43.9 Å². The molecular formula is C45H28N4O2. The molecule has 0 fully saturated rings. The molecule has 3 aromatic heterocycles. The Labute approximate surface area is 292 Å². The van der Waals surface area contributed by atoms with Crippen molar-refractivity contribution >= 4 is 60.9 Å². The molecule has 7 aromatic carbocycles. The number of furan rings is 2. The van der Waals surface area contributed by atoms with Gasteiger partial charge in [-0.3, -0.25) is 0 Å². The third kappa shape index (κ3) is 4.92. The van der Waals surface area contributed by atoms with Crippen molar-refractivity contribution in [2.45, 2.75) is 0 Å². The average Bonchev–Trinajstić information content (AvgIpc) is 3.78. The molecule has 0 amide bonds. The Morgan fingerprint density at radius 3 is 1.20 bits per heavy atom. The van der Waals surface area contributed by atoms with Gasteiger partial charge < -0.3 is 13.7 Å². The number of benzene rings is 7. The first-order chi connectivity index (χ1) is 25.3. The van der Waals surface area contributed by atoms with Gasteiger partial charge in [-0.25, -0.2) is 15.0 Å². The van der Waals surface area contributed by atoms with E-state index >= 15 is 0 Å². The lowest BCUT2D eigenvalue weighted by molar-refractivity contribution is 0.666. The highest BCUT2D eigenvalue weighted by atomic mass is 16.3. The number of aromatic nitrogens is 3. The van der Waals surface area contributed by atoms with E-state index in [-0.39, 0.29) is 0 Å². The van der Waals surface area contributed by atoms with E-state index in [0.29, 0.717) is 17.5 Å². The summed E-state index contributed by atoms with van der Waals surface area (Å²) in [5, 5.41) is 4.25. The first kappa shape index (κ1) is 28.9. The van der Waals surface area contributed by atoms with E-state index in [1.807, 2.05) is 97.1 Å². The molecule has 0 aliphatic rings. The van der Waals surface area contributed by atoms with Gasteiger partial charge in [-0.15, -0.1) is 0 Å². The highest BCUT2D eigenvalue weighted by Gasteiger charge is 2.23. The summed E-state index contributed by atoms with van der Waals surface area (Å²) in [5.74, 6) is 1.84. The lowest BCUT2D eigenvalue weighted by atomic mass is 10.1. The van der Waals surface area contributed by atoms with Gasteiger partial charge >= 0.3 is 0 Å². The zero-order valence-corrected chi connectivity index (χ0v) is 27.3. The number of fused-ring (bicyclic) bond motifs is 6. The fourth-order valence-electron chi connectivity index (χ4n) is 6.92. The molecule has 0 spiro atoms. The van der Waals surface area contributed by atoms with Crippen LogP contribution in [0.1, 0.15) is 0 Å². The van der Waals surface area contributed by atoms with Crippen LogP contribution in [0, 0.1) is 0 Å². The van der Waals surface area contributed by atoms with Crippen molar-refractivity contribution in [3.05, 3.63) is 170 Å². The molecule has 240 valence electrons. The minimum Gasteiger partial charge on any atom is -0.454 e. The molecule has 0 saturated heterocycles. The van der Waals surface area contributed by atoms with Gasteiger partial charge in [-0.2, -0.15) is 0 Å². The molecule has 6 heteroatoms. The summed E-state index contributed by atoms with van der Waals surface area (Å²) < 4.78 is 13.2. The first-order valence-electron chi connectivity index (χ1n) is 16.9. The maximum absolute atomic E-state index is 6.58. The van der Waals surface area contributed by atoms with E-state index in [1.54, 1.807) is 0 Å². The largest absolute Gasteiger partial charge is 0.454 e. The van der Waals surface area contributed by atoms with Crippen molar-refractivity contribution in [1.29, 1.82) is 0 Å². The number of hydrogen-bond donors (Lipinski definition) is 0. The summed E-state index contributed by atoms with van der Waals surface area (Å²) in [5.41, 5.74) is 8.76. The zero-order chi connectivity index (χ0) is 33.7. The molecule has 0 bridgehead atoms. The SMILES string of the molecule is c1ccc(-c2nc(-c3ccccc3)nc(-c3ccc(N(c4cccc5c4oc4ccccc45)c4cccc5c4oc4ccccc45)cc3)n2)cc1. The first-order valence-corrected chi connectivity index (χ1v) is 16.9. The zero-order valence-electron chi connectivity index (χ0n) is 27.3. The van der Waals surface area contributed by atoms with Gasteiger partial charge in [0.15, 0.2) is 28.6 Å². The van der Waals surface area contributed by atoms with Gasteiger partial charge in [0.2, 0.25) is 0 Å². The van der Waals surface area contributed by atoms with Crippen LogP contribution >= 0.6 is 0 Å². The van der Waals surface area contributed by atoms with Crippen LogP contribution < -0.4 is 4.90 Å². The summed E-state index contributed by atoms with van der Waals surface area (Å²) in [7, 11) is 0. The Morgan fingerprint density at radius 2 is 0.725 bits per heavy atom. The predicted octanol–water partition coefficient (Wildman–Crippen LogP) is 12.1. The topological polar surface area (TPSA) is 68.2 Å². The van der Waals surface area contributed by atoms with Crippen LogP contribution in [0.4, 0.5) is 17.1 Å². The van der Waals surface area contributed by atoms with Crippen LogP contribution in [0.15, 0.2) is 179 Å². The number of para-hydroxylation sites is 4. The standard InChI is InChI=1S/C45H28N4O2/c1-3-13-29(14-4-1)43-46-44(30-15-5-2-6-16-30)48-45(47-43)31-25-27-32(28-26-31)49(37-21-11-19-35-33-17-7-9-23-39(33)50-41(35)37)38-22-12-20-36-34-18-8-10-24-40(34)51-42(36)38/h1-28H. The van der Waals surface area contributed by atoms with Gasteiger partial charge in [0.25, 0.3) is 0 Å². The maximum atomic E-state index is 6.58. The molecule has 10 rings (SSSR count). The van der Waals surface area contributed by atoms with Crippen molar-refractivity contribution < 1.29 is 8.83 Å². The van der Waals surface area contributed by atoms with Crippen molar-refractivity contribution in [3.63, 3.8) is 0 Å². The molecule has 0 aliphatic carbocycles. The highest BCUT2D eigenvalue weighted by molar-refractivity contribution is 6.13. The molecule has 6 nitrogen and oxygen atoms in total. The van der Waals surface area contributed by atoms with E-state index < -0.39 is 0 Å². The quantitative estimate of drug-likeness (QED) is 0.177. The van der Waals surface area contributed by atoms with E-state index in [0.717, 1.165) is 77.6 Å². The Morgan fingerprint density at radius 1 is 0.333 bits per heavy atom. The Bertz CT molecular complexity index is 2690. The fourth-order valence-corrected chi connectivity index (χ4v) is 6.92. The normalized spacial score (nSPS) is 11.5. The van der Waals surface area contributed by atoms with Crippen LogP contribution in [0.25, 0.3) is 78.0 Å². The second-order valence-electron chi connectivity index (χ2n) is 12.4. The molecule has 0 N–H and O–H groups in total. The van der Waals surface area contributed by atoms with E-state index in [1.165, 1.54) is 0 Å². The van der Waals surface area contributed by atoms with Gasteiger partial charge in [0.05, 0.1) is 11.4 Å². The molecule has 0 atom stereocenters. The lowest BCUT2D eigenvalue weighted by Crippen LogP contribution is -2.10. The van der Waals surface area contributed by atoms with Crippen LogP contribution in [0.5, 0.6) is 0 Å². The van der Waals surface area contributed by atoms with E-state index in [2.05, 4.69) is 77.7 Å². The molecule has 0 radical (unpaired) electrons. The Balaban J connectivity index is 1.16. The molecule has 3 heterocycles. The minimum atomic E-state index is 0.597. The smallest absolute Gasteiger partial charge is 0.164 e. The third-order valence-electron chi connectivity index (χ3n) is 9.33. The number of nitrogens with zero attached hydrogens (tertiary/aromatic N) is 4. The van der Waals surface area contributed by atoms with Crippen LogP contribution in [0.3, 0.4) is 0 Å². The third-order valence-corrected chi connectivity index (χ3v) is 9.33. The van der Waals surface area contributed by atoms with Crippen molar-refractivity contribution in [1.82, 2.24) is 15.0 Å². The second kappa shape index (κ2) is 11.8. The second-order valence-corrected chi connectivity index (χ2v) is 12.4. The maximum Gasteiger partial charge on any atom is 0.164 e. The number of anilines is 3.